The summed E-state index contributed by atoms with van der Waals surface area (Å²) in [7, 11) is 0. The quantitative estimate of drug-likeness (QED) is 0.507. The van der Waals surface area contributed by atoms with E-state index < -0.39 is 0 Å². The molecule has 3 rings (SSSR count). The first-order chi connectivity index (χ1) is 14.1. The highest BCUT2D eigenvalue weighted by molar-refractivity contribution is 6.30. The van der Waals surface area contributed by atoms with Gasteiger partial charge in [-0.15, -0.1) is 0 Å². The minimum atomic E-state index is -0.0548. The van der Waals surface area contributed by atoms with E-state index >= 15 is 0 Å². The summed E-state index contributed by atoms with van der Waals surface area (Å²) in [5, 5.41) is 3.71. The molecule has 0 heterocycles. The van der Waals surface area contributed by atoms with Crippen LogP contribution in [0.2, 0.25) is 5.02 Å². The van der Waals surface area contributed by atoms with Gasteiger partial charge in [-0.25, -0.2) is 0 Å². The van der Waals surface area contributed by atoms with E-state index in [2.05, 4.69) is 24.4 Å². The van der Waals surface area contributed by atoms with Gasteiger partial charge in [0.05, 0.1) is 13.2 Å². The van der Waals surface area contributed by atoms with Crippen LogP contribution in [0.1, 0.15) is 34.0 Å². The van der Waals surface area contributed by atoms with Crippen molar-refractivity contribution in [3.63, 3.8) is 0 Å². The second-order valence-electron chi connectivity index (χ2n) is 7.32. The van der Waals surface area contributed by atoms with Crippen LogP contribution in [0.4, 0.5) is 0 Å². The fourth-order valence-electron chi connectivity index (χ4n) is 2.99. The van der Waals surface area contributed by atoms with Crippen molar-refractivity contribution < 1.29 is 9.53 Å². The van der Waals surface area contributed by atoms with E-state index in [0.717, 1.165) is 17.0 Å². The smallest absolute Gasteiger partial charge is 0.251 e. The molecule has 1 atom stereocenters. The standard InChI is InChI=1S/C25H26ClNO2/c1-19(17-29-18-22-9-13-24(26)14-10-22)16-27-25(28)23-11-7-21(8-12-23)15-20-5-3-2-4-6-20/h2-14,19H,15-18H2,1H3,(H,27,28). The summed E-state index contributed by atoms with van der Waals surface area (Å²) in [5.74, 6) is 0.171. The van der Waals surface area contributed by atoms with Gasteiger partial charge in [0.1, 0.15) is 0 Å². The second kappa shape index (κ2) is 10.8. The number of carbonyl (C=O) groups is 1. The van der Waals surface area contributed by atoms with Crippen molar-refractivity contribution in [3.8, 4) is 0 Å². The van der Waals surface area contributed by atoms with Crippen molar-refractivity contribution in [2.45, 2.75) is 20.0 Å². The number of rotatable bonds is 9. The third kappa shape index (κ3) is 7.04. The summed E-state index contributed by atoms with van der Waals surface area (Å²) < 4.78 is 5.74. The molecule has 1 amide bonds. The van der Waals surface area contributed by atoms with Crippen molar-refractivity contribution in [2.75, 3.05) is 13.2 Å². The Hall–Kier alpha value is -2.62. The van der Waals surface area contributed by atoms with Crippen molar-refractivity contribution in [2.24, 2.45) is 5.92 Å². The van der Waals surface area contributed by atoms with Gasteiger partial charge in [-0.3, -0.25) is 4.79 Å². The molecule has 4 heteroatoms. The minimum absolute atomic E-state index is 0.0548. The highest BCUT2D eigenvalue weighted by Gasteiger charge is 2.09. The van der Waals surface area contributed by atoms with Gasteiger partial charge < -0.3 is 10.1 Å². The molecule has 29 heavy (non-hydrogen) atoms. The van der Waals surface area contributed by atoms with Gasteiger partial charge in [0.2, 0.25) is 0 Å². The molecule has 0 aliphatic carbocycles. The minimum Gasteiger partial charge on any atom is -0.376 e. The maximum atomic E-state index is 12.4. The van der Waals surface area contributed by atoms with E-state index in [1.54, 1.807) is 0 Å². The summed E-state index contributed by atoms with van der Waals surface area (Å²) in [6.45, 7) is 3.76. The van der Waals surface area contributed by atoms with Gasteiger partial charge in [0.15, 0.2) is 0 Å². The molecule has 0 spiro atoms. The number of hydrogen-bond acceptors (Lipinski definition) is 2. The number of hydrogen-bond donors (Lipinski definition) is 1. The fraction of sp³-hybridized carbons (Fsp3) is 0.240. The maximum Gasteiger partial charge on any atom is 0.251 e. The lowest BCUT2D eigenvalue weighted by Gasteiger charge is -2.13. The summed E-state index contributed by atoms with van der Waals surface area (Å²) in [6.07, 6.45) is 0.866. The molecule has 0 aliphatic heterocycles. The lowest BCUT2D eigenvalue weighted by molar-refractivity contribution is 0.0843. The zero-order valence-electron chi connectivity index (χ0n) is 16.6. The highest BCUT2D eigenvalue weighted by Crippen LogP contribution is 2.12. The van der Waals surface area contributed by atoms with Crippen LogP contribution < -0.4 is 5.32 Å². The van der Waals surface area contributed by atoms with E-state index in [1.807, 2.05) is 66.7 Å². The number of nitrogens with one attached hydrogen (secondary N) is 1. The van der Waals surface area contributed by atoms with Gasteiger partial charge in [-0.05, 0) is 53.3 Å². The van der Waals surface area contributed by atoms with E-state index in [0.29, 0.717) is 25.3 Å². The molecule has 0 saturated heterocycles. The first-order valence-electron chi connectivity index (χ1n) is 9.83. The van der Waals surface area contributed by atoms with Gasteiger partial charge in [0.25, 0.3) is 5.91 Å². The summed E-state index contributed by atoms with van der Waals surface area (Å²) in [6, 6.07) is 25.7. The molecular formula is C25H26ClNO2. The van der Waals surface area contributed by atoms with Gasteiger partial charge in [-0.1, -0.05) is 73.1 Å². The van der Waals surface area contributed by atoms with Crippen molar-refractivity contribution >= 4 is 17.5 Å². The number of amides is 1. The van der Waals surface area contributed by atoms with Crippen LogP contribution in [-0.2, 0) is 17.8 Å². The van der Waals surface area contributed by atoms with Crippen molar-refractivity contribution in [1.82, 2.24) is 5.32 Å². The number of benzene rings is 3. The van der Waals surface area contributed by atoms with Crippen LogP contribution in [0.15, 0.2) is 78.9 Å². The van der Waals surface area contributed by atoms with Gasteiger partial charge >= 0.3 is 0 Å². The van der Waals surface area contributed by atoms with E-state index in [4.69, 9.17) is 16.3 Å². The van der Waals surface area contributed by atoms with Crippen LogP contribution in [-0.4, -0.2) is 19.1 Å². The zero-order chi connectivity index (χ0) is 20.5. The Balaban J connectivity index is 1.39. The van der Waals surface area contributed by atoms with E-state index in [-0.39, 0.29) is 11.8 Å². The third-order valence-electron chi connectivity index (χ3n) is 4.66. The lowest BCUT2D eigenvalue weighted by atomic mass is 10.0. The topological polar surface area (TPSA) is 38.3 Å². The fourth-order valence-corrected chi connectivity index (χ4v) is 3.12. The average molecular weight is 408 g/mol. The van der Waals surface area contributed by atoms with Crippen LogP contribution in [0.5, 0.6) is 0 Å². The molecule has 3 aromatic carbocycles. The molecule has 0 aliphatic rings. The first-order valence-corrected chi connectivity index (χ1v) is 10.2. The Kier molecular flexibility index (Phi) is 7.85. The normalized spacial score (nSPS) is 11.8. The Morgan fingerprint density at radius 2 is 1.52 bits per heavy atom. The van der Waals surface area contributed by atoms with Crippen LogP contribution in [0.3, 0.4) is 0 Å². The Labute approximate surface area is 177 Å². The van der Waals surface area contributed by atoms with Crippen LogP contribution in [0, 0.1) is 5.92 Å². The summed E-state index contributed by atoms with van der Waals surface area (Å²) in [5.41, 5.74) is 4.21. The average Bonchev–Trinajstić information content (AvgIpc) is 2.75. The Morgan fingerprint density at radius 1 is 0.897 bits per heavy atom. The largest absolute Gasteiger partial charge is 0.376 e. The molecule has 1 N–H and O–H groups in total. The lowest BCUT2D eigenvalue weighted by Crippen LogP contribution is -2.30. The van der Waals surface area contributed by atoms with Crippen LogP contribution in [0.25, 0.3) is 0 Å². The van der Waals surface area contributed by atoms with Crippen LogP contribution >= 0.6 is 11.6 Å². The molecule has 0 bridgehead atoms. The molecular weight excluding hydrogens is 382 g/mol. The number of ether oxygens (including phenoxy) is 1. The molecule has 0 radical (unpaired) electrons. The Bertz CT molecular complexity index is 892. The molecule has 3 nitrogen and oxygen atoms in total. The monoisotopic (exact) mass is 407 g/mol. The van der Waals surface area contributed by atoms with Crippen molar-refractivity contribution in [3.05, 3.63) is 106 Å². The summed E-state index contributed by atoms with van der Waals surface area (Å²) >= 11 is 5.88. The van der Waals surface area contributed by atoms with E-state index in [1.165, 1.54) is 11.1 Å². The first kappa shape index (κ1) is 21.1. The molecule has 1 unspecified atom stereocenters. The molecule has 150 valence electrons. The van der Waals surface area contributed by atoms with Gasteiger partial charge in [0, 0.05) is 17.1 Å². The molecule has 0 saturated carbocycles. The number of carbonyl (C=O) groups excluding carboxylic acids is 1. The summed E-state index contributed by atoms with van der Waals surface area (Å²) in [4.78, 5) is 12.4. The maximum absolute atomic E-state index is 12.4. The Morgan fingerprint density at radius 3 is 2.21 bits per heavy atom. The molecule has 0 aromatic heterocycles. The zero-order valence-corrected chi connectivity index (χ0v) is 17.4. The second-order valence-corrected chi connectivity index (χ2v) is 7.75. The third-order valence-corrected chi connectivity index (χ3v) is 4.91. The predicted molar refractivity (Wildman–Crippen MR) is 118 cm³/mol. The highest BCUT2D eigenvalue weighted by atomic mass is 35.5. The SMILES string of the molecule is CC(CNC(=O)c1ccc(Cc2ccccc2)cc1)COCc1ccc(Cl)cc1. The number of halogens is 1. The predicted octanol–water partition coefficient (Wildman–Crippen LogP) is 5.51. The van der Waals surface area contributed by atoms with E-state index in [9.17, 15) is 4.79 Å². The molecule has 3 aromatic rings. The molecule has 0 fully saturated rings. The van der Waals surface area contributed by atoms with Gasteiger partial charge in [-0.2, -0.15) is 0 Å². The van der Waals surface area contributed by atoms with Crippen molar-refractivity contribution in [1.29, 1.82) is 0 Å².